The van der Waals surface area contributed by atoms with E-state index in [4.69, 9.17) is 0 Å². The zero-order chi connectivity index (χ0) is 14.5. The molecule has 3 heteroatoms. The maximum absolute atomic E-state index is 3.49. The molecule has 0 amide bonds. The molecule has 1 N–H and O–H groups in total. The lowest BCUT2D eigenvalue weighted by Crippen LogP contribution is -2.36. The summed E-state index contributed by atoms with van der Waals surface area (Å²) in [6.07, 6.45) is 1.28. The molecule has 1 aliphatic heterocycles. The molecule has 1 heterocycles. The summed E-state index contributed by atoms with van der Waals surface area (Å²) in [6, 6.07) is 7.27. The summed E-state index contributed by atoms with van der Waals surface area (Å²) in [5.41, 5.74) is 4.17. The van der Waals surface area contributed by atoms with Crippen molar-refractivity contribution in [3.63, 3.8) is 0 Å². The molecule has 0 saturated carbocycles. The molecule has 0 aromatic heterocycles. The molecule has 1 fully saturated rings. The number of rotatable bonds is 4. The highest BCUT2D eigenvalue weighted by Gasteiger charge is 2.17. The van der Waals surface area contributed by atoms with Gasteiger partial charge in [-0.15, -0.1) is 0 Å². The molecule has 1 aliphatic rings. The molecule has 1 aromatic carbocycles. The van der Waals surface area contributed by atoms with E-state index in [1.54, 1.807) is 0 Å². The second-order valence-electron chi connectivity index (χ2n) is 6.14. The van der Waals surface area contributed by atoms with Crippen LogP contribution in [0.4, 0.5) is 0 Å². The second-order valence-corrected chi connectivity index (χ2v) is 6.14. The fourth-order valence-corrected chi connectivity index (χ4v) is 2.89. The maximum Gasteiger partial charge on any atom is 0.0446 e. The van der Waals surface area contributed by atoms with E-state index in [1.807, 2.05) is 0 Å². The van der Waals surface area contributed by atoms with E-state index in [-0.39, 0.29) is 0 Å². The molecular weight excluding hydrogens is 246 g/mol. The third-order valence-electron chi connectivity index (χ3n) is 4.53. The predicted octanol–water partition coefficient (Wildman–Crippen LogP) is 2.20. The minimum atomic E-state index is 0.428. The maximum atomic E-state index is 3.49. The van der Waals surface area contributed by atoms with Gasteiger partial charge in [0.2, 0.25) is 0 Å². The number of hydrogen-bond acceptors (Lipinski definition) is 3. The molecule has 1 unspecified atom stereocenters. The van der Waals surface area contributed by atoms with Gasteiger partial charge in [0, 0.05) is 25.7 Å². The minimum absolute atomic E-state index is 0.428. The fraction of sp³-hybridized carbons (Fsp3) is 0.647. The van der Waals surface area contributed by atoms with Crippen molar-refractivity contribution in [1.29, 1.82) is 0 Å². The Hall–Kier alpha value is -0.900. The Kier molecular flexibility index (Phi) is 5.58. The molecule has 0 bridgehead atoms. The van der Waals surface area contributed by atoms with E-state index in [9.17, 15) is 0 Å². The number of nitrogens with zero attached hydrogens (tertiary/aromatic N) is 2. The average molecular weight is 275 g/mol. The smallest absolute Gasteiger partial charge is 0.0446 e. The van der Waals surface area contributed by atoms with Gasteiger partial charge in [-0.1, -0.05) is 18.2 Å². The first-order valence-corrected chi connectivity index (χ1v) is 7.75. The number of likely N-dealkylation sites (N-methyl/N-ethyl adjacent to an activating group) is 2. The summed E-state index contributed by atoms with van der Waals surface area (Å²) < 4.78 is 0. The van der Waals surface area contributed by atoms with Gasteiger partial charge in [-0.2, -0.15) is 0 Å². The van der Waals surface area contributed by atoms with Gasteiger partial charge < -0.3 is 15.1 Å². The topological polar surface area (TPSA) is 18.5 Å². The van der Waals surface area contributed by atoms with Gasteiger partial charge in [0.05, 0.1) is 0 Å². The minimum Gasteiger partial charge on any atom is -0.312 e. The van der Waals surface area contributed by atoms with Gasteiger partial charge in [-0.3, -0.25) is 0 Å². The largest absolute Gasteiger partial charge is 0.312 e. The van der Waals surface area contributed by atoms with Crippen LogP contribution in [-0.2, 0) is 0 Å². The number of nitrogens with one attached hydrogen (secondary N) is 1. The van der Waals surface area contributed by atoms with E-state index in [0.29, 0.717) is 6.04 Å². The number of benzene rings is 1. The van der Waals surface area contributed by atoms with Crippen molar-refractivity contribution in [2.75, 3.05) is 46.8 Å². The van der Waals surface area contributed by atoms with Crippen LogP contribution in [0.25, 0.3) is 0 Å². The lowest BCUT2D eigenvalue weighted by atomic mass is 10.0. The molecule has 1 atom stereocenters. The quantitative estimate of drug-likeness (QED) is 0.909. The first kappa shape index (κ1) is 15.5. The van der Waals surface area contributed by atoms with Crippen LogP contribution in [0, 0.1) is 13.8 Å². The molecule has 0 radical (unpaired) electrons. The molecule has 1 saturated heterocycles. The summed E-state index contributed by atoms with van der Waals surface area (Å²) in [4.78, 5) is 5.03. The van der Waals surface area contributed by atoms with Crippen LogP contribution < -0.4 is 5.32 Å². The lowest BCUT2D eigenvalue weighted by molar-refractivity contribution is 0.251. The van der Waals surface area contributed by atoms with Crippen LogP contribution in [0.3, 0.4) is 0 Å². The van der Waals surface area contributed by atoms with Gasteiger partial charge in [0.25, 0.3) is 0 Å². The van der Waals surface area contributed by atoms with Crippen LogP contribution in [0.2, 0.25) is 0 Å². The Morgan fingerprint density at radius 3 is 2.60 bits per heavy atom. The lowest BCUT2D eigenvalue weighted by Gasteiger charge is -2.26. The van der Waals surface area contributed by atoms with Crippen molar-refractivity contribution in [2.24, 2.45) is 0 Å². The highest BCUT2D eigenvalue weighted by molar-refractivity contribution is 5.31. The summed E-state index contributed by atoms with van der Waals surface area (Å²) >= 11 is 0. The third-order valence-corrected chi connectivity index (χ3v) is 4.53. The summed E-state index contributed by atoms with van der Waals surface area (Å²) in [6.45, 7) is 10.3. The zero-order valence-electron chi connectivity index (χ0n) is 13.4. The summed E-state index contributed by atoms with van der Waals surface area (Å²) in [5, 5.41) is 3.49. The zero-order valence-corrected chi connectivity index (χ0v) is 13.4. The molecule has 20 heavy (non-hydrogen) atoms. The van der Waals surface area contributed by atoms with Crippen molar-refractivity contribution >= 4 is 0 Å². The first-order chi connectivity index (χ1) is 9.60. The fourth-order valence-electron chi connectivity index (χ4n) is 2.89. The Balaban J connectivity index is 2.02. The van der Waals surface area contributed by atoms with Gasteiger partial charge in [-0.25, -0.2) is 0 Å². The first-order valence-electron chi connectivity index (χ1n) is 7.75. The Morgan fingerprint density at radius 2 is 1.90 bits per heavy atom. The summed E-state index contributed by atoms with van der Waals surface area (Å²) in [7, 11) is 4.30. The van der Waals surface area contributed by atoms with E-state index < -0.39 is 0 Å². The molecule has 112 valence electrons. The van der Waals surface area contributed by atoms with Crippen molar-refractivity contribution in [3.8, 4) is 0 Å². The molecular formula is C17H29N3. The van der Waals surface area contributed by atoms with Crippen LogP contribution in [-0.4, -0.2) is 56.6 Å². The standard InChI is InChI=1S/C17H29N3/c1-14-6-7-16(12-15(14)2)17(18-3)13-20-9-5-8-19(4)10-11-20/h6-7,12,17-18H,5,8-11,13H2,1-4H3. The van der Waals surface area contributed by atoms with Crippen molar-refractivity contribution in [3.05, 3.63) is 34.9 Å². The number of aryl methyl sites for hydroxylation is 2. The van der Waals surface area contributed by atoms with Crippen molar-refractivity contribution in [1.82, 2.24) is 15.1 Å². The molecule has 3 nitrogen and oxygen atoms in total. The van der Waals surface area contributed by atoms with Gasteiger partial charge in [0.1, 0.15) is 0 Å². The molecule has 1 aromatic rings. The Bertz CT molecular complexity index is 430. The highest BCUT2D eigenvalue weighted by Crippen LogP contribution is 2.18. The van der Waals surface area contributed by atoms with Gasteiger partial charge in [0.15, 0.2) is 0 Å². The summed E-state index contributed by atoms with van der Waals surface area (Å²) in [5.74, 6) is 0. The predicted molar refractivity (Wildman–Crippen MR) is 86.3 cm³/mol. The van der Waals surface area contributed by atoms with Crippen molar-refractivity contribution in [2.45, 2.75) is 26.3 Å². The molecule has 2 rings (SSSR count). The molecule has 0 aliphatic carbocycles. The van der Waals surface area contributed by atoms with Crippen molar-refractivity contribution < 1.29 is 0 Å². The van der Waals surface area contributed by atoms with Crippen LogP contribution in [0.1, 0.15) is 29.2 Å². The monoisotopic (exact) mass is 275 g/mol. The SMILES string of the molecule is CNC(CN1CCCN(C)CC1)c1ccc(C)c(C)c1. The third kappa shape index (κ3) is 4.05. The van der Waals surface area contributed by atoms with Crippen LogP contribution >= 0.6 is 0 Å². The van der Waals surface area contributed by atoms with E-state index >= 15 is 0 Å². The van der Waals surface area contributed by atoms with E-state index in [1.165, 1.54) is 49.3 Å². The molecule has 0 spiro atoms. The normalized spacial score (nSPS) is 19.8. The second kappa shape index (κ2) is 7.21. The van der Waals surface area contributed by atoms with Crippen LogP contribution in [0.15, 0.2) is 18.2 Å². The highest BCUT2D eigenvalue weighted by atomic mass is 15.2. The average Bonchev–Trinajstić information content (AvgIpc) is 2.64. The van der Waals surface area contributed by atoms with Gasteiger partial charge >= 0.3 is 0 Å². The van der Waals surface area contributed by atoms with Gasteiger partial charge in [-0.05, 0) is 64.1 Å². The van der Waals surface area contributed by atoms with Crippen LogP contribution in [0.5, 0.6) is 0 Å². The Labute approximate surface area is 124 Å². The van der Waals surface area contributed by atoms with E-state index in [2.05, 4.69) is 61.3 Å². The Morgan fingerprint density at radius 1 is 1.10 bits per heavy atom. The van der Waals surface area contributed by atoms with E-state index in [0.717, 1.165) is 6.54 Å². The number of hydrogen-bond donors (Lipinski definition) is 1.